The first-order valence-corrected chi connectivity index (χ1v) is 7.70. The van der Waals surface area contributed by atoms with Crippen molar-refractivity contribution in [3.8, 4) is 5.75 Å². The summed E-state index contributed by atoms with van der Waals surface area (Å²) in [5.41, 5.74) is 3.18. The average Bonchev–Trinajstić information content (AvgIpc) is 2.71. The Kier molecular flexibility index (Phi) is 4.15. The summed E-state index contributed by atoms with van der Waals surface area (Å²) in [4.78, 5) is 0. The van der Waals surface area contributed by atoms with Crippen LogP contribution in [0.2, 0.25) is 0 Å². The fraction of sp³-hybridized carbons (Fsp3) is 0.667. The molecule has 2 nitrogen and oxygen atoms in total. The Morgan fingerprint density at radius 1 is 1.20 bits per heavy atom. The molecule has 1 aromatic rings. The van der Waals surface area contributed by atoms with Crippen LogP contribution in [0.5, 0.6) is 5.75 Å². The van der Waals surface area contributed by atoms with Crippen molar-refractivity contribution in [3.63, 3.8) is 0 Å². The molecule has 0 fully saturated rings. The van der Waals surface area contributed by atoms with E-state index < -0.39 is 0 Å². The standard InChI is InChI=1S/C18H29NO/c1-13(19-18(5,6)12-17(2,3)4)14-7-8-16-15(11-14)9-10-20-16/h7-8,11,13,19H,9-10,12H2,1-6H3. The normalized spacial score (nSPS) is 16.7. The van der Waals surface area contributed by atoms with E-state index in [1.165, 1.54) is 11.1 Å². The van der Waals surface area contributed by atoms with E-state index in [1.807, 2.05) is 0 Å². The molecule has 0 bridgehead atoms. The van der Waals surface area contributed by atoms with Gasteiger partial charge in [0.1, 0.15) is 5.75 Å². The van der Waals surface area contributed by atoms with Gasteiger partial charge < -0.3 is 10.1 Å². The van der Waals surface area contributed by atoms with Crippen molar-refractivity contribution in [1.82, 2.24) is 5.32 Å². The maximum absolute atomic E-state index is 5.58. The van der Waals surface area contributed by atoms with E-state index in [0.717, 1.165) is 25.2 Å². The Labute approximate surface area is 123 Å². The van der Waals surface area contributed by atoms with E-state index in [-0.39, 0.29) is 5.54 Å². The highest BCUT2D eigenvalue weighted by Crippen LogP contribution is 2.31. The summed E-state index contributed by atoms with van der Waals surface area (Å²) in [6.07, 6.45) is 2.19. The molecule has 0 radical (unpaired) electrons. The maximum atomic E-state index is 5.58. The lowest BCUT2D eigenvalue weighted by atomic mass is 9.81. The van der Waals surface area contributed by atoms with Crippen molar-refractivity contribution < 1.29 is 4.74 Å². The monoisotopic (exact) mass is 275 g/mol. The number of hydrogen-bond donors (Lipinski definition) is 1. The van der Waals surface area contributed by atoms with E-state index in [4.69, 9.17) is 4.74 Å². The van der Waals surface area contributed by atoms with E-state index in [1.54, 1.807) is 0 Å². The lowest BCUT2D eigenvalue weighted by Gasteiger charge is -2.36. The highest BCUT2D eigenvalue weighted by molar-refractivity contribution is 5.40. The van der Waals surface area contributed by atoms with E-state index >= 15 is 0 Å². The smallest absolute Gasteiger partial charge is 0.122 e. The van der Waals surface area contributed by atoms with Crippen LogP contribution in [0.15, 0.2) is 18.2 Å². The molecule has 0 amide bonds. The van der Waals surface area contributed by atoms with Crippen LogP contribution in [0.3, 0.4) is 0 Å². The molecular formula is C18H29NO. The maximum Gasteiger partial charge on any atom is 0.122 e. The molecule has 20 heavy (non-hydrogen) atoms. The highest BCUT2D eigenvalue weighted by Gasteiger charge is 2.27. The third kappa shape index (κ3) is 3.99. The average molecular weight is 275 g/mol. The van der Waals surface area contributed by atoms with Gasteiger partial charge in [0.05, 0.1) is 6.61 Å². The predicted octanol–water partition coefficient (Wildman–Crippen LogP) is 4.49. The molecule has 2 heteroatoms. The molecule has 1 aliphatic rings. The van der Waals surface area contributed by atoms with Gasteiger partial charge in [-0.3, -0.25) is 0 Å². The summed E-state index contributed by atoms with van der Waals surface area (Å²) >= 11 is 0. The van der Waals surface area contributed by atoms with Crippen LogP contribution >= 0.6 is 0 Å². The molecule has 1 aliphatic heterocycles. The largest absolute Gasteiger partial charge is 0.493 e. The molecular weight excluding hydrogens is 246 g/mol. The van der Waals surface area contributed by atoms with Crippen molar-refractivity contribution in [2.45, 2.75) is 66.0 Å². The molecule has 1 heterocycles. The van der Waals surface area contributed by atoms with Crippen molar-refractivity contribution in [2.24, 2.45) is 5.41 Å². The third-order valence-corrected chi connectivity index (χ3v) is 3.79. The van der Waals surface area contributed by atoms with Gasteiger partial charge in [0.15, 0.2) is 0 Å². The predicted molar refractivity (Wildman–Crippen MR) is 85.3 cm³/mol. The molecule has 0 aliphatic carbocycles. The Morgan fingerprint density at radius 3 is 2.55 bits per heavy atom. The van der Waals surface area contributed by atoms with Gasteiger partial charge in [0, 0.05) is 18.0 Å². The molecule has 112 valence electrons. The Bertz CT molecular complexity index is 471. The molecule has 1 N–H and O–H groups in total. The van der Waals surface area contributed by atoms with Gasteiger partial charge in [-0.05, 0) is 49.8 Å². The summed E-state index contributed by atoms with van der Waals surface area (Å²) in [6.45, 7) is 14.6. The van der Waals surface area contributed by atoms with Crippen LogP contribution in [-0.4, -0.2) is 12.1 Å². The lowest BCUT2D eigenvalue weighted by Crippen LogP contribution is -2.43. The first-order valence-electron chi connectivity index (χ1n) is 7.70. The van der Waals surface area contributed by atoms with Crippen LogP contribution in [0.4, 0.5) is 0 Å². The highest BCUT2D eigenvalue weighted by atomic mass is 16.5. The quantitative estimate of drug-likeness (QED) is 0.874. The SMILES string of the molecule is CC(NC(C)(C)CC(C)(C)C)c1ccc2c(c1)CCO2. The fourth-order valence-electron chi connectivity index (χ4n) is 3.52. The number of ether oxygens (including phenoxy) is 1. The van der Waals surface area contributed by atoms with Crippen LogP contribution in [0, 0.1) is 5.41 Å². The minimum atomic E-state index is 0.132. The van der Waals surface area contributed by atoms with Crippen molar-refractivity contribution in [3.05, 3.63) is 29.3 Å². The summed E-state index contributed by atoms with van der Waals surface area (Å²) in [5, 5.41) is 3.78. The van der Waals surface area contributed by atoms with Gasteiger partial charge in [-0.25, -0.2) is 0 Å². The minimum absolute atomic E-state index is 0.132. The van der Waals surface area contributed by atoms with Crippen LogP contribution in [0.25, 0.3) is 0 Å². The molecule has 1 atom stereocenters. The lowest BCUT2D eigenvalue weighted by molar-refractivity contribution is 0.227. The van der Waals surface area contributed by atoms with Gasteiger partial charge in [0.25, 0.3) is 0 Å². The summed E-state index contributed by atoms with van der Waals surface area (Å²) in [6, 6.07) is 6.97. The van der Waals surface area contributed by atoms with Gasteiger partial charge in [-0.1, -0.05) is 32.9 Å². The molecule has 0 saturated carbocycles. The van der Waals surface area contributed by atoms with E-state index in [9.17, 15) is 0 Å². The summed E-state index contributed by atoms with van der Waals surface area (Å²) in [5.74, 6) is 1.06. The first kappa shape index (κ1) is 15.4. The second-order valence-corrected chi connectivity index (χ2v) is 7.95. The number of nitrogens with one attached hydrogen (secondary N) is 1. The molecule has 1 aromatic carbocycles. The Hall–Kier alpha value is -1.02. The second kappa shape index (κ2) is 5.40. The third-order valence-electron chi connectivity index (χ3n) is 3.79. The molecule has 1 unspecified atom stereocenters. The number of hydrogen-bond acceptors (Lipinski definition) is 2. The molecule has 0 spiro atoms. The number of rotatable bonds is 4. The topological polar surface area (TPSA) is 21.3 Å². The summed E-state index contributed by atoms with van der Waals surface area (Å²) in [7, 11) is 0. The van der Waals surface area contributed by atoms with E-state index in [0.29, 0.717) is 11.5 Å². The Morgan fingerprint density at radius 2 is 1.90 bits per heavy atom. The zero-order valence-corrected chi connectivity index (χ0v) is 13.8. The number of fused-ring (bicyclic) bond motifs is 1. The Balaban J connectivity index is 2.06. The van der Waals surface area contributed by atoms with Crippen molar-refractivity contribution >= 4 is 0 Å². The van der Waals surface area contributed by atoms with Crippen molar-refractivity contribution in [1.29, 1.82) is 0 Å². The first-order chi connectivity index (χ1) is 9.16. The molecule has 2 rings (SSSR count). The minimum Gasteiger partial charge on any atom is -0.493 e. The summed E-state index contributed by atoms with van der Waals surface area (Å²) < 4.78 is 5.58. The van der Waals surface area contributed by atoms with Crippen LogP contribution in [-0.2, 0) is 6.42 Å². The van der Waals surface area contributed by atoms with Gasteiger partial charge in [-0.2, -0.15) is 0 Å². The zero-order valence-electron chi connectivity index (χ0n) is 13.8. The van der Waals surface area contributed by atoms with Crippen molar-refractivity contribution in [2.75, 3.05) is 6.61 Å². The number of benzene rings is 1. The van der Waals surface area contributed by atoms with Gasteiger partial charge in [-0.15, -0.1) is 0 Å². The second-order valence-electron chi connectivity index (χ2n) is 7.95. The van der Waals surface area contributed by atoms with Crippen LogP contribution < -0.4 is 10.1 Å². The fourth-order valence-corrected chi connectivity index (χ4v) is 3.52. The molecule has 0 aromatic heterocycles. The van der Waals surface area contributed by atoms with Crippen LogP contribution in [0.1, 0.15) is 65.1 Å². The molecule has 0 saturated heterocycles. The van der Waals surface area contributed by atoms with Gasteiger partial charge in [0.2, 0.25) is 0 Å². The van der Waals surface area contributed by atoms with E-state index in [2.05, 4.69) is 65.1 Å². The zero-order chi connectivity index (χ0) is 15.0. The van der Waals surface area contributed by atoms with Gasteiger partial charge >= 0.3 is 0 Å².